The molecule has 14 rings (SSSR count). The highest BCUT2D eigenvalue weighted by Gasteiger charge is 2.26. The van der Waals surface area contributed by atoms with Crippen molar-refractivity contribution < 1.29 is 0 Å². The largest absolute Gasteiger partial charge is 0.277 e. The minimum absolute atomic E-state index is 0.686. The molecule has 5 heterocycles. The summed E-state index contributed by atoms with van der Waals surface area (Å²) in [4.78, 5) is 11.4. The summed E-state index contributed by atoms with van der Waals surface area (Å²) in [6, 6.07) is 60.0. The van der Waals surface area contributed by atoms with Crippen LogP contribution in [0.3, 0.4) is 0 Å². The van der Waals surface area contributed by atoms with E-state index in [0.29, 0.717) is 5.95 Å². The van der Waals surface area contributed by atoms with Crippen molar-refractivity contribution in [1.29, 1.82) is 0 Å². The van der Waals surface area contributed by atoms with Gasteiger partial charge in [0.2, 0.25) is 5.95 Å². The molecule has 0 fully saturated rings. The summed E-state index contributed by atoms with van der Waals surface area (Å²) >= 11 is 5.55. The zero-order chi connectivity index (χ0) is 37.6. The van der Waals surface area contributed by atoms with Crippen molar-refractivity contribution in [2.24, 2.45) is 0 Å². The number of nitrogens with zero attached hydrogens (tertiary/aromatic N) is 3. The van der Waals surface area contributed by atoms with Gasteiger partial charge in [-0.2, -0.15) is 0 Å². The van der Waals surface area contributed by atoms with E-state index in [-0.39, 0.29) is 0 Å². The molecule has 0 unspecified atom stereocenters. The van der Waals surface area contributed by atoms with Crippen molar-refractivity contribution in [2.45, 2.75) is 0 Å². The maximum absolute atomic E-state index is 5.77. The van der Waals surface area contributed by atoms with Crippen LogP contribution in [0.15, 0.2) is 164 Å². The molecule has 0 spiro atoms. The van der Waals surface area contributed by atoms with Crippen molar-refractivity contribution in [3.63, 3.8) is 0 Å². The predicted octanol–water partition coefficient (Wildman–Crippen LogP) is 15.8. The number of hydrogen-bond acceptors (Lipinski definition) is 5. The summed E-state index contributed by atoms with van der Waals surface area (Å²) in [5.41, 5.74) is 5.36. The Balaban J connectivity index is 1.24. The summed E-state index contributed by atoms with van der Waals surface area (Å²) in [6.07, 6.45) is 0. The Bertz CT molecular complexity index is 4110. The van der Waals surface area contributed by atoms with E-state index >= 15 is 0 Å². The summed E-state index contributed by atoms with van der Waals surface area (Å²) in [6.45, 7) is 0. The molecular formula is C52H27N3S3. The highest BCUT2D eigenvalue weighted by molar-refractivity contribution is 7.27. The predicted molar refractivity (Wildman–Crippen MR) is 253 cm³/mol. The Kier molecular flexibility index (Phi) is 6.20. The Labute approximate surface area is 342 Å². The molecule has 6 heteroatoms. The van der Waals surface area contributed by atoms with Gasteiger partial charge in [-0.05, 0) is 40.4 Å². The fourth-order valence-corrected chi connectivity index (χ4v) is 13.4. The number of fused-ring (bicyclic) bond motifs is 21. The molecule has 3 nitrogen and oxygen atoms in total. The summed E-state index contributed by atoms with van der Waals surface area (Å²) in [7, 11) is 0. The first-order valence-electron chi connectivity index (χ1n) is 19.5. The first kappa shape index (κ1) is 31.4. The molecule has 0 radical (unpaired) electrons. The molecule has 58 heavy (non-hydrogen) atoms. The third kappa shape index (κ3) is 4.01. The van der Waals surface area contributed by atoms with E-state index in [1.54, 1.807) is 11.3 Å². The van der Waals surface area contributed by atoms with E-state index in [9.17, 15) is 0 Å². The van der Waals surface area contributed by atoms with Gasteiger partial charge in [0.05, 0.1) is 26.9 Å². The van der Waals surface area contributed by atoms with E-state index in [0.717, 1.165) is 37.9 Å². The number of rotatable bonds is 2. The Morgan fingerprint density at radius 3 is 1.64 bits per heavy atom. The van der Waals surface area contributed by atoms with Crippen molar-refractivity contribution in [1.82, 2.24) is 14.5 Å². The quantitative estimate of drug-likeness (QED) is 0.163. The molecule has 5 aromatic heterocycles. The van der Waals surface area contributed by atoms with Crippen LogP contribution in [-0.4, -0.2) is 14.5 Å². The van der Waals surface area contributed by atoms with E-state index < -0.39 is 0 Å². The zero-order valence-corrected chi connectivity index (χ0v) is 33.1. The van der Waals surface area contributed by atoms with Crippen molar-refractivity contribution >= 4 is 149 Å². The SMILES string of the molecule is c1ccc2c(c1)sc1c(-c3nc(-n4c5ccccc5c5c6ccccc6c6c7c8ccccc8sc7c7ccccc7c6c54)nc4c3sc3ccccc34)cccc12. The van der Waals surface area contributed by atoms with Crippen molar-refractivity contribution in [2.75, 3.05) is 0 Å². The van der Waals surface area contributed by atoms with Gasteiger partial charge in [0, 0.05) is 82.9 Å². The van der Waals surface area contributed by atoms with Crippen LogP contribution in [0.1, 0.15) is 0 Å². The van der Waals surface area contributed by atoms with Gasteiger partial charge in [-0.1, -0.05) is 140 Å². The van der Waals surface area contributed by atoms with Crippen molar-refractivity contribution in [3.05, 3.63) is 164 Å². The lowest BCUT2D eigenvalue weighted by atomic mass is 9.90. The highest BCUT2D eigenvalue weighted by atomic mass is 32.1. The monoisotopic (exact) mass is 789 g/mol. The number of thiophene rings is 3. The molecule has 0 aliphatic carbocycles. The second kappa shape index (κ2) is 11.5. The van der Waals surface area contributed by atoms with Crippen LogP contribution in [0.5, 0.6) is 0 Å². The average Bonchev–Trinajstić information content (AvgIpc) is 4.05. The van der Waals surface area contributed by atoms with Crippen LogP contribution in [0, 0.1) is 0 Å². The number of hydrogen-bond donors (Lipinski definition) is 0. The second-order valence-corrected chi connectivity index (χ2v) is 18.3. The zero-order valence-electron chi connectivity index (χ0n) is 30.7. The lowest BCUT2D eigenvalue weighted by Crippen LogP contribution is -2.03. The molecule has 9 aromatic carbocycles. The topological polar surface area (TPSA) is 30.7 Å². The lowest BCUT2D eigenvalue weighted by Gasteiger charge is -2.16. The fourth-order valence-electron chi connectivity index (χ4n) is 9.83. The highest BCUT2D eigenvalue weighted by Crippen LogP contribution is 2.51. The summed E-state index contributed by atoms with van der Waals surface area (Å²) < 4.78 is 9.89. The average molecular weight is 790 g/mol. The third-order valence-corrected chi connectivity index (χ3v) is 15.8. The van der Waals surface area contributed by atoms with Gasteiger partial charge >= 0.3 is 0 Å². The van der Waals surface area contributed by atoms with Crippen LogP contribution in [-0.2, 0) is 0 Å². The van der Waals surface area contributed by atoms with Crippen LogP contribution >= 0.6 is 34.0 Å². The van der Waals surface area contributed by atoms with Gasteiger partial charge in [-0.15, -0.1) is 34.0 Å². The molecule has 0 atom stereocenters. The van der Waals surface area contributed by atoms with Crippen LogP contribution in [0.2, 0.25) is 0 Å². The number of aromatic nitrogens is 3. The maximum atomic E-state index is 5.77. The van der Waals surface area contributed by atoms with E-state index in [4.69, 9.17) is 9.97 Å². The standard InChI is InChI=1S/C52H27N3S3/c1-2-16-30-29(15-1)42-34-19-5-9-24-38(34)55(48(42)44-31-17-3-4-18-33(31)50-45(43(30)44)35-20-7-11-26-40(35)57-50)52-53-46-36-21-8-12-27-41(36)58-51(46)47(54-52)37-23-13-22-32-28-14-6-10-25-39(28)56-49(32)37/h1-27H. The summed E-state index contributed by atoms with van der Waals surface area (Å²) in [5, 5.41) is 16.3. The molecule has 0 saturated heterocycles. The molecule has 0 bridgehead atoms. The maximum Gasteiger partial charge on any atom is 0.235 e. The molecule has 0 N–H and O–H groups in total. The molecule has 0 aliphatic heterocycles. The van der Waals surface area contributed by atoms with Crippen LogP contribution in [0.25, 0.3) is 132 Å². The van der Waals surface area contributed by atoms with Gasteiger partial charge in [0.25, 0.3) is 0 Å². The second-order valence-electron chi connectivity index (χ2n) is 15.1. The smallest absolute Gasteiger partial charge is 0.235 e. The Morgan fingerprint density at radius 2 is 0.862 bits per heavy atom. The number of para-hydroxylation sites is 1. The fraction of sp³-hybridized carbons (Fsp3) is 0. The Hall–Kier alpha value is -6.70. The van der Waals surface area contributed by atoms with Crippen LogP contribution < -0.4 is 0 Å². The van der Waals surface area contributed by atoms with E-state index in [1.165, 1.54) is 88.1 Å². The van der Waals surface area contributed by atoms with Crippen LogP contribution in [0.4, 0.5) is 0 Å². The first-order valence-corrected chi connectivity index (χ1v) is 21.9. The minimum Gasteiger partial charge on any atom is -0.277 e. The molecule has 14 aromatic rings. The molecule has 268 valence electrons. The summed E-state index contributed by atoms with van der Waals surface area (Å²) in [5.74, 6) is 0.686. The third-order valence-electron chi connectivity index (χ3n) is 12.2. The minimum atomic E-state index is 0.686. The normalized spacial score (nSPS) is 12.5. The lowest BCUT2D eigenvalue weighted by molar-refractivity contribution is 1.02. The van der Waals surface area contributed by atoms with Gasteiger partial charge in [-0.25, -0.2) is 9.97 Å². The molecule has 0 saturated carbocycles. The van der Waals surface area contributed by atoms with Gasteiger partial charge in [0.1, 0.15) is 0 Å². The Morgan fingerprint density at radius 1 is 0.345 bits per heavy atom. The van der Waals surface area contributed by atoms with E-state index in [2.05, 4.69) is 168 Å². The van der Waals surface area contributed by atoms with Gasteiger partial charge < -0.3 is 0 Å². The van der Waals surface area contributed by atoms with Gasteiger partial charge in [-0.3, -0.25) is 4.57 Å². The first-order chi connectivity index (χ1) is 28.8. The van der Waals surface area contributed by atoms with Crippen molar-refractivity contribution in [3.8, 4) is 17.2 Å². The van der Waals surface area contributed by atoms with Gasteiger partial charge in [0.15, 0.2) is 0 Å². The van der Waals surface area contributed by atoms with E-state index in [1.807, 2.05) is 22.7 Å². The molecule has 0 aliphatic rings. The number of benzene rings is 9. The molecular weight excluding hydrogens is 763 g/mol. The molecule has 0 amide bonds.